The van der Waals surface area contributed by atoms with E-state index >= 15 is 0 Å². The van der Waals surface area contributed by atoms with Gasteiger partial charge in [0, 0.05) is 49.4 Å². The molecule has 0 bridgehead atoms. The molecule has 6 nitrogen and oxygen atoms in total. The van der Waals surface area contributed by atoms with Gasteiger partial charge in [0.25, 0.3) is 0 Å². The summed E-state index contributed by atoms with van der Waals surface area (Å²) in [5.41, 5.74) is 1.72. The quantitative estimate of drug-likeness (QED) is 0.851. The number of anilines is 1. The van der Waals surface area contributed by atoms with Crippen LogP contribution < -0.4 is 4.90 Å². The Kier molecular flexibility index (Phi) is 3.87. The fourth-order valence-electron chi connectivity index (χ4n) is 2.76. The first-order valence-corrected chi connectivity index (χ1v) is 9.52. The molecule has 0 unspecified atom stereocenters. The molecular weight excluding hydrogens is 318 g/mol. The lowest BCUT2D eigenvalue weighted by Crippen LogP contribution is -2.32. The highest BCUT2D eigenvalue weighted by Crippen LogP contribution is 2.28. The molecule has 0 amide bonds. The van der Waals surface area contributed by atoms with Gasteiger partial charge in [-0.2, -0.15) is 11.8 Å². The van der Waals surface area contributed by atoms with E-state index in [2.05, 4.69) is 20.6 Å². The van der Waals surface area contributed by atoms with Crippen molar-refractivity contribution < 1.29 is 4.79 Å². The Morgan fingerprint density at radius 1 is 1.23 bits per heavy atom. The Morgan fingerprint density at radius 2 is 2.05 bits per heavy atom. The maximum atomic E-state index is 11.0. The van der Waals surface area contributed by atoms with Crippen LogP contribution in [0.2, 0.25) is 0 Å². The van der Waals surface area contributed by atoms with Gasteiger partial charge in [0.2, 0.25) is 0 Å². The van der Waals surface area contributed by atoms with Crippen LogP contribution in [0.4, 0.5) is 5.13 Å². The predicted octanol–water partition coefficient (Wildman–Crippen LogP) is 1.93. The first kappa shape index (κ1) is 14.2. The van der Waals surface area contributed by atoms with Gasteiger partial charge in [0.05, 0.1) is 6.20 Å². The van der Waals surface area contributed by atoms with Crippen molar-refractivity contribution in [3.8, 4) is 11.4 Å². The molecule has 2 aromatic rings. The van der Waals surface area contributed by atoms with Crippen LogP contribution in [0.5, 0.6) is 0 Å². The van der Waals surface area contributed by atoms with E-state index < -0.39 is 0 Å². The number of rotatable bonds is 4. The molecule has 4 rings (SSSR count). The first-order chi connectivity index (χ1) is 10.8. The van der Waals surface area contributed by atoms with Crippen molar-refractivity contribution >= 4 is 34.0 Å². The second-order valence-electron chi connectivity index (χ2n) is 5.75. The molecule has 0 radical (unpaired) electrons. The SMILES string of the molecule is O=C1CC(Cn2cc(-c3csc(N4CCSCC4)n3)nn2)C1. The Bertz CT molecular complexity index is 668. The molecule has 2 fully saturated rings. The minimum absolute atomic E-state index is 0.356. The van der Waals surface area contributed by atoms with Gasteiger partial charge < -0.3 is 4.90 Å². The lowest BCUT2D eigenvalue weighted by molar-refractivity contribution is -0.127. The molecule has 1 saturated carbocycles. The molecule has 0 N–H and O–H groups in total. The highest BCUT2D eigenvalue weighted by Gasteiger charge is 2.27. The van der Waals surface area contributed by atoms with Crippen LogP contribution in [0.25, 0.3) is 11.4 Å². The van der Waals surface area contributed by atoms with E-state index in [-0.39, 0.29) is 0 Å². The van der Waals surface area contributed by atoms with Gasteiger partial charge in [-0.25, -0.2) is 4.98 Å². The highest BCUT2D eigenvalue weighted by molar-refractivity contribution is 7.99. The fraction of sp³-hybridized carbons (Fsp3) is 0.571. The number of hydrogen-bond donors (Lipinski definition) is 0. The Hall–Kier alpha value is -1.41. The Labute approximate surface area is 136 Å². The number of hydrogen-bond acceptors (Lipinski definition) is 7. The molecule has 0 atom stereocenters. The second kappa shape index (κ2) is 6.00. The summed E-state index contributed by atoms with van der Waals surface area (Å²) in [4.78, 5) is 18.1. The van der Waals surface area contributed by atoms with Crippen LogP contribution >= 0.6 is 23.1 Å². The summed E-state index contributed by atoms with van der Waals surface area (Å²) in [6, 6.07) is 0. The van der Waals surface area contributed by atoms with Crippen LogP contribution in [0.3, 0.4) is 0 Å². The highest BCUT2D eigenvalue weighted by atomic mass is 32.2. The summed E-state index contributed by atoms with van der Waals surface area (Å²) < 4.78 is 1.84. The van der Waals surface area contributed by atoms with Gasteiger partial charge in [0.1, 0.15) is 17.2 Å². The summed E-state index contributed by atoms with van der Waals surface area (Å²) in [5.74, 6) is 3.13. The smallest absolute Gasteiger partial charge is 0.185 e. The Balaban J connectivity index is 1.44. The van der Waals surface area contributed by atoms with Crippen LogP contribution in [-0.2, 0) is 11.3 Å². The van der Waals surface area contributed by atoms with E-state index in [1.165, 1.54) is 11.5 Å². The van der Waals surface area contributed by atoms with Crippen molar-refractivity contribution in [1.29, 1.82) is 0 Å². The zero-order valence-electron chi connectivity index (χ0n) is 12.1. The molecule has 116 valence electrons. The van der Waals surface area contributed by atoms with Crippen molar-refractivity contribution in [3.05, 3.63) is 11.6 Å². The number of carbonyl (C=O) groups excluding carboxylic acids is 1. The third kappa shape index (κ3) is 2.89. The maximum absolute atomic E-state index is 11.0. The number of ketones is 1. The van der Waals surface area contributed by atoms with Crippen molar-refractivity contribution in [2.45, 2.75) is 19.4 Å². The average molecular weight is 335 g/mol. The third-order valence-corrected chi connectivity index (χ3v) is 5.90. The average Bonchev–Trinajstić information content (AvgIpc) is 3.15. The van der Waals surface area contributed by atoms with Gasteiger partial charge in [-0.15, -0.1) is 16.4 Å². The molecule has 3 heterocycles. The molecule has 8 heteroatoms. The number of thiazole rings is 1. The van der Waals surface area contributed by atoms with Gasteiger partial charge in [0.15, 0.2) is 5.13 Å². The zero-order valence-corrected chi connectivity index (χ0v) is 13.8. The summed E-state index contributed by atoms with van der Waals surface area (Å²) in [5, 5.41) is 11.5. The van der Waals surface area contributed by atoms with E-state index in [9.17, 15) is 4.79 Å². The van der Waals surface area contributed by atoms with Crippen LogP contribution in [0.1, 0.15) is 12.8 Å². The summed E-state index contributed by atoms with van der Waals surface area (Å²) in [6.45, 7) is 2.92. The van der Waals surface area contributed by atoms with Crippen LogP contribution in [0.15, 0.2) is 11.6 Å². The molecule has 2 aromatic heterocycles. The third-order valence-electron chi connectivity index (χ3n) is 4.05. The molecule has 1 aliphatic heterocycles. The minimum Gasteiger partial charge on any atom is -0.346 e. The lowest BCUT2D eigenvalue weighted by Gasteiger charge is -2.25. The second-order valence-corrected chi connectivity index (χ2v) is 7.81. The monoisotopic (exact) mass is 335 g/mol. The van der Waals surface area contributed by atoms with Gasteiger partial charge in [-0.3, -0.25) is 9.48 Å². The summed E-state index contributed by atoms with van der Waals surface area (Å²) >= 11 is 3.67. The number of aromatic nitrogens is 4. The standard InChI is InChI=1S/C14H17N5OS2/c20-11-5-10(6-11)7-19-8-12(16-17-19)13-9-22-14(15-13)18-1-3-21-4-2-18/h8-10H,1-7H2. The summed E-state index contributed by atoms with van der Waals surface area (Å²) in [7, 11) is 0. The van der Waals surface area contributed by atoms with E-state index in [1.807, 2.05) is 22.6 Å². The van der Waals surface area contributed by atoms with Gasteiger partial charge >= 0.3 is 0 Å². The molecular formula is C14H17N5OS2. The van der Waals surface area contributed by atoms with E-state index in [4.69, 9.17) is 4.98 Å². The number of nitrogens with zero attached hydrogens (tertiary/aromatic N) is 5. The zero-order chi connectivity index (χ0) is 14.9. The van der Waals surface area contributed by atoms with Crippen molar-refractivity contribution in [2.75, 3.05) is 29.5 Å². The van der Waals surface area contributed by atoms with Crippen molar-refractivity contribution in [1.82, 2.24) is 20.0 Å². The van der Waals surface area contributed by atoms with Crippen LogP contribution in [-0.4, -0.2) is 50.4 Å². The maximum Gasteiger partial charge on any atom is 0.185 e. The van der Waals surface area contributed by atoms with Gasteiger partial charge in [-0.05, 0) is 5.92 Å². The number of thioether (sulfide) groups is 1. The number of carbonyl (C=O) groups is 1. The first-order valence-electron chi connectivity index (χ1n) is 7.48. The molecule has 0 aromatic carbocycles. The molecule has 1 saturated heterocycles. The predicted molar refractivity (Wildman–Crippen MR) is 88.4 cm³/mol. The fourth-order valence-corrected chi connectivity index (χ4v) is 4.54. The Morgan fingerprint density at radius 3 is 2.82 bits per heavy atom. The number of Topliss-reactive ketones (excluding diaryl/α,β-unsaturated/α-hetero) is 1. The van der Waals surface area contributed by atoms with E-state index in [0.717, 1.165) is 36.2 Å². The van der Waals surface area contributed by atoms with Crippen LogP contribution in [0, 0.1) is 5.92 Å². The van der Waals surface area contributed by atoms with Crippen molar-refractivity contribution in [2.24, 2.45) is 5.92 Å². The summed E-state index contributed by atoms with van der Waals surface area (Å²) in [6.07, 6.45) is 3.31. The molecule has 0 spiro atoms. The lowest BCUT2D eigenvalue weighted by atomic mass is 9.84. The van der Waals surface area contributed by atoms with E-state index in [0.29, 0.717) is 24.5 Å². The van der Waals surface area contributed by atoms with Gasteiger partial charge in [-0.1, -0.05) is 5.21 Å². The normalized spacial score (nSPS) is 19.5. The molecule has 22 heavy (non-hydrogen) atoms. The van der Waals surface area contributed by atoms with Crippen molar-refractivity contribution in [3.63, 3.8) is 0 Å². The molecule has 1 aliphatic carbocycles. The topological polar surface area (TPSA) is 63.9 Å². The largest absolute Gasteiger partial charge is 0.346 e. The molecule has 2 aliphatic rings. The van der Waals surface area contributed by atoms with E-state index in [1.54, 1.807) is 11.3 Å². The minimum atomic E-state index is 0.356.